The van der Waals surface area contributed by atoms with Crippen LogP contribution >= 0.6 is 0 Å². The van der Waals surface area contributed by atoms with Gasteiger partial charge in [0.1, 0.15) is 0 Å². The van der Waals surface area contributed by atoms with Crippen LogP contribution in [0.25, 0.3) is 0 Å². The van der Waals surface area contributed by atoms with Crippen LogP contribution in [0.3, 0.4) is 0 Å². The number of nitrogens with one attached hydrogen (secondary N) is 1. The zero-order chi connectivity index (χ0) is 16.0. The first-order valence-corrected chi connectivity index (χ1v) is 7.72. The number of hydrogen-bond acceptors (Lipinski definition) is 3. The van der Waals surface area contributed by atoms with Gasteiger partial charge in [-0.25, -0.2) is 0 Å². The van der Waals surface area contributed by atoms with Crippen LogP contribution in [0.4, 0.5) is 0 Å². The van der Waals surface area contributed by atoms with Gasteiger partial charge in [-0.2, -0.15) is 0 Å². The van der Waals surface area contributed by atoms with Crippen molar-refractivity contribution in [2.75, 3.05) is 19.6 Å². The number of carboxylic acid groups (broad SMARTS) is 1. The SMILES string of the molecule is CCNC(=O)CN(CC)C(=O)C1CC(CC)CC1C(=O)O. The molecule has 1 saturated carbocycles. The molecule has 6 nitrogen and oxygen atoms in total. The lowest BCUT2D eigenvalue weighted by atomic mass is 9.94. The summed E-state index contributed by atoms with van der Waals surface area (Å²) >= 11 is 0. The van der Waals surface area contributed by atoms with E-state index < -0.39 is 17.8 Å². The average Bonchev–Trinajstić information content (AvgIpc) is 2.88. The molecule has 1 rings (SSSR count). The lowest BCUT2D eigenvalue weighted by Crippen LogP contribution is -2.44. The summed E-state index contributed by atoms with van der Waals surface area (Å²) in [7, 11) is 0. The van der Waals surface area contributed by atoms with E-state index in [1.807, 2.05) is 13.8 Å². The standard InChI is InChI=1S/C15H26N2O4/c1-4-10-7-11(12(8-10)15(20)21)14(19)17(6-3)9-13(18)16-5-2/h10-12H,4-9H2,1-3H3,(H,16,18)(H,20,21). The van der Waals surface area contributed by atoms with E-state index in [4.69, 9.17) is 0 Å². The Morgan fingerprint density at radius 2 is 1.76 bits per heavy atom. The normalized spacial score (nSPS) is 24.6. The average molecular weight is 298 g/mol. The Kier molecular flexibility index (Phi) is 6.65. The molecule has 21 heavy (non-hydrogen) atoms. The number of likely N-dealkylation sites (N-methyl/N-ethyl adjacent to an activating group) is 2. The molecular weight excluding hydrogens is 272 g/mol. The second-order valence-corrected chi connectivity index (χ2v) is 5.60. The van der Waals surface area contributed by atoms with Gasteiger partial charge in [-0.3, -0.25) is 14.4 Å². The molecule has 1 aliphatic carbocycles. The lowest BCUT2D eigenvalue weighted by Gasteiger charge is -2.25. The van der Waals surface area contributed by atoms with E-state index in [9.17, 15) is 19.5 Å². The molecule has 0 bridgehead atoms. The summed E-state index contributed by atoms with van der Waals surface area (Å²) in [6.45, 7) is 6.57. The topological polar surface area (TPSA) is 86.7 Å². The van der Waals surface area contributed by atoms with E-state index in [1.165, 1.54) is 4.90 Å². The number of amides is 2. The first-order valence-electron chi connectivity index (χ1n) is 7.72. The summed E-state index contributed by atoms with van der Waals surface area (Å²) in [5.41, 5.74) is 0. The van der Waals surface area contributed by atoms with Crippen LogP contribution < -0.4 is 5.32 Å². The van der Waals surface area contributed by atoms with Gasteiger partial charge < -0.3 is 15.3 Å². The van der Waals surface area contributed by atoms with E-state index >= 15 is 0 Å². The first-order chi connectivity index (χ1) is 9.94. The summed E-state index contributed by atoms with van der Waals surface area (Å²) in [5, 5.41) is 12.0. The van der Waals surface area contributed by atoms with Crippen molar-refractivity contribution >= 4 is 17.8 Å². The van der Waals surface area contributed by atoms with Gasteiger partial charge >= 0.3 is 5.97 Å². The molecule has 0 aromatic carbocycles. The monoisotopic (exact) mass is 298 g/mol. The molecule has 0 spiro atoms. The fourth-order valence-corrected chi connectivity index (χ4v) is 3.03. The Morgan fingerprint density at radius 1 is 1.14 bits per heavy atom. The molecule has 3 unspecified atom stereocenters. The quantitative estimate of drug-likeness (QED) is 0.737. The molecule has 0 aromatic heterocycles. The van der Waals surface area contributed by atoms with Crippen molar-refractivity contribution < 1.29 is 19.5 Å². The Labute approximate surface area is 125 Å². The van der Waals surface area contributed by atoms with Crippen LogP contribution in [0, 0.1) is 17.8 Å². The zero-order valence-electron chi connectivity index (χ0n) is 13.1. The van der Waals surface area contributed by atoms with Gasteiger partial charge in [-0.05, 0) is 32.6 Å². The predicted molar refractivity (Wildman–Crippen MR) is 78.6 cm³/mol. The van der Waals surface area contributed by atoms with Crippen molar-refractivity contribution in [1.82, 2.24) is 10.2 Å². The smallest absolute Gasteiger partial charge is 0.307 e. The molecule has 120 valence electrons. The molecule has 6 heteroatoms. The molecule has 2 amide bonds. The predicted octanol–water partition coefficient (Wildman–Crippen LogP) is 1.11. The van der Waals surface area contributed by atoms with E-state index in [0.717, 1.165) is 6.42 Å². The van der Waals surface area contributed by atoms with Crippen molar-refractivity contribution in [2.24, 2.45) is 17.8 Å². The minimum atomic E-state index is -0.904. The van der Waals surface area contributed by atoms with Crippen LogP contribution in [-0.2, 0) is 14.4 Å². The molecule has 3 atom stereocenters. The third-order valence-corrected chi connectivity index (χ3v) is 4.27. The molecule has 1 fully saturated rings. The van der Waals surface area contributed by atoms with Crippen molar-refractivity contribution in [1.29, 1.82) is 0 Å². The third kappa shape index (κ3) is 4.44. The van der Waals surface area contributed by atoms with Crippen LogP contribution in [-0.4, -0.2) is 47.4 Å². The highest BCUT2D eigenvalue weighted by atomic mass is 16.4. The molecule has 2 N–H and O–H groups in total. The van der Waals surface area contributed by atoms with Crippen molar-refractivity contribution in [3.8, 4) is 0 Å². The maximum atomic E-state index is 12.6. The maximum Gasteiger partial charge on any atom is 0.307 e. The van der Waals surface area contributed by atoms with Gasteiger partial charge in [0.25, 0.3) is 0 Å². The van der Waals surface area contributed by atoms with Gasteiger partial charge in [0.15, 0.2) is 0 Å². The Hall–Kier alpha value is -1.59. The summed E-state index contributed by atoms with van der Waals surface area (Å²) < 4.78 is 0. The van der Waals surface area contributed by atoms with Crippen molar-refractivity contribution in [3.05, 3.63) is 0 Å². The minimum Gasteiger partial charge on any atom is -0.481 e. The number of nitrogens with zero attached hydrogens (tertiary/aromatic N) is 1. The van der Waals surface area contributed by atoms with Gasteiger partial charge in [-0.1, -0.05) is 13.3 Å². The van der Waals surface area contributed by atoms with Crippen LogP contribution in [0.2, 0.25) is 0 Å². The van der Waals surface area contributed by atoms with Crippen LogP contribution in [0.5, 0.6) is 0 Å². The molecule has 0 aliphatic heterocycles. The van der Waals surface area contributed by atoms with Gasteiger partial charge in [0.2, 0.25) is 11.8 Å². The zero-order valence-corrected chi connectivity index (χ0v) is 13.1. The van der Waals surface area contributed by atoms with E-state index in [-0.39, 0.29) is 24.3 Å². The second-order valence-electron chi connectivity index (χ2n) is 5.60. The highest BCUT2D eigenvalue weighted by Gasteiger charge is 2.43. The van der Waals surface area contributed by atoms with E-state index in [2.05, 4.69) is 5.32 Å². The number of aliphatic carboxylic acids is 1. The number of hydrogen-bond donors (Lipinski definition) is 2. The Morgan fingerprint density at radius 3 is 2.24 bits per heavy atom. The van der Waals surface area contributed by atoms with Crippen LogP contribution in [0.1, 0.15) is 40.0 Å². The van der Waals surface area contributed by atoms with Crippen LogP contribution in [0.15, 0.2) is 0 Å². The molecule has 0 radical (unpaired) electrons. The number of carbonyl (C=O) groups excluding carboxylic acids is 2. The van der Waals surface area contributed by atoms with Gasteiger partial charge in [-0.15, -0.1) is 0 Å². The van der Waals surface area contributed by atoms with E-state index in [0.29, 0.717) is 25.9 Å². The van der Waals surface area contributed by atoms with E-state index in [1.54, 1.807) is 6.92 Å². The fourth-order valence-electron chi connectivity index (χ4n) is 3.03. The largest absolute Gasteiger partial charge is 0.481 e. The van der Waals surface area contributed by atoms with Gasteiger partial charge in [0.05, 0.1) is 18.4 Å². The third-order valence-electron chi connectivity index (χ3n) is 4.27. The number of carbonyl (C=O) groups is 3. The summed E-state index contributed by atoms with van der Waals surface area (Å²) in [5.74, 6) is -2.15. The Bertz CT molecular complexity index is 397. The molecule has 0 aromatic rings. The number of carboxylic acids is 1. The summed E-state index contributed by atoms with van der Waals surface area (Å²) in [6.07, 6.45) is 2.05. The fraction of sp³-hybridized carbons (Fsp3) is 0.800. The van der Waals surface area contributed by atoms with Gasteiger partial charge in [0, 0.05) is 13.1 Å². The highest BCUT2D eigenvalue weighted by molar-refractivity contribution is 5.89. The highest BCUT2D eigenvalue weighted by Crippen LogP contribution is 2.39. The molecule has 0 saturated heterocycles. The summed E-state index contributed by atoms with van der Waals surface area (Å²) in [4.78, 5) is 37.0. The molecule has 0 heterocycles. The Balaban J connectivity index is 2.77. The first kappa shape index (κ1) is 17.5. The van der Waals surface area contributed by atoms with Crippen molar-refractivity contribution in [2.45, 2.75) is 40.0 Å². The molecule has 1 aliphatic rings. The van der Waals surface area contributed by atoms with Crippen molar-refractivity contribution in [3.63, 3.8) is 0 Å². The second kappa shape index (κ2) is 8.00. The minimum absolute atomic E-state index is 0.00278. The lowest BCUT2D eigenvalue weighted by molar-refractivity contribution is -0.149. The number of rotatable bonds is 7. The molecular formula is C15H26N2O4. The summed E-state index contributed by atoms with van der Waals surface area (Å²) in [6, 6.07) is 0. The maximum absolute atomic E-state index is 12.6.